The van der Waals surface area contributed by atoms with Gasteiger partial charge >= 0.3 is 5.97 Å². The van der Waals surface area contributed by atoms with E-state index in [4.69, 9.17) is 5.11 Å². The number of aliphatic carboxylic acids is 1. The summed E-state index contributed by atoms with van der Waals surface area (Å²) in [5.74, 6) is -1.61. The molecule has 1 aliphatic rings. The molecule has 0 unspecified atom stereocenters. The molecular weight excluding hydrogens is 244 g/mol. The number of benzene rings is 1. The summed E-state index contributed by atoms with van der Waals surface area (Å²) < 4.78 is 0. The highest BCUT2D eigenvalue weighted by Crippen LogP contribution is 2.16. The molecule has 5 nitrogen and oxygen atoms in total. The maximum Gasteiger partial charge on any atom is 0.312 e. The Hall–Kier alpha value is -1.88. The van der Waals surface area contributed by atoms with Crippen LogP contribution in [0.4, 0.5) is 5.69 Å². The third-order valence-electron chi connectivity index (χ3n) is 3.13. The van der Waals surface area contributed by atoms with Crippen LogP contribution in [0.2, 0.25) is 0 Å². The van der Waals surface area contributed by atoms with Crippen LogP contribution in [0.1, 0.15) is 24.8 Å². The first-order valence-electron chi connectivity index (χ1n) is 6.46. The standard InChI is InChI=1S/C14H18N2O3/c17-13(9-14(18)19)15-12-5-3-4-11(8-12)10-16-6-1-2-7-16/h3-5,8H,1-2,6-7,9-10H2,(H,15,17)(H,18,19). The Morgan fingerprint density at radius 3 is 2.68 bits per heavy atom. The highest BCUT2D eigenvalue weighted by molar-refractivity contribution is 6.01. The van der Waals surface area contributed by atoms with Crippen LogP contribution in [-0.2, 0) is 16.1 Å². The van der Waals surface area contributed by atoms with Crippen LogP contribution in [-0.4, -0.2) is 35.0 Å². The Bertz CT molecular complexity index is 468. The van der Waals surface area contributed by atoms with Gasteiger partial charge in [-0.2, -0.15) is 0 Å². The van der Waals surface area contributed by atoms with Crippen molar-refractivity contribution in [3.63, 3.8) is 0 Å². The first-order chi connectivity index (χ1) is 9.13. The normalized spacial score (nSPS) is 15.4. The second-order valence-electron chi connectivity index (χ2n) is 4.80. The van der Waals surface area contributed by atoms with Crippen molar-refractivity contribution >= 4 is 17.6 Å². The van der Waals surface area contributed by atoms with Gasteiger partial charge in [-0.3, -0.25) is 14.5 Å². The average Bonchev–Trinajstić information content (AvgIpc) is 2.81. The molecule has 0 radical (unpaired) electrons. The highest BCUT2D eigenvalue weighted by atomic mass is 16.4. The van der Waals surface area contributed by atoms with E-state index in [0.717, 1.165) is 25.2 Å². The zero-order valence-electron chi connectivity index (χ0n) is 10.8. The molecule has 2 N–H and O–H groups in total. The minimum absolute atomic E-state index is 0.495. The van der Waals surface area contributed by atoms with Gasteiger partial charge in [0.05, 0.1) is 0 Å². The number of nitrogens with one attached hydrogen (secondary N) is 1. The Labute approximate surface area is 112 Å². The van der Waals surface area contributed by atoms with Crippen molar-refractivity contribution in [2.75, 3.05) is 18.4 Å². The Kier molecular flexibility index (Phi) is 4.52. The van der Waals surface area contributed by atoms with Gasteiger partial charge in [0.1, 0.15) is 6.42 Å². The van der Waals surface area contributed by atoms with Gasteiger partial charge in [-0.05, 0) is 43.6 Å². The second-order valence-corrected chi connectivity index (χ2v) is 4.80. The van der Waals surface area contributed by atoms with Crippen LogP contribution in [0.25, 0.3) is 0 Å². The predicted octanol–water partition coefficient (Wildman–Crippen LogP) is 1.70. The second kappa shape index (κ2) is 6.33. The summed E-state index contributed by atoms with van der Waals surface area (Å²) in [6.07, 6.45) is 1.99. The van der Waals surface area contributed by atoms with E-state index in [1.807, 2.05) is 18.2 Å². The van der Waals surface area contributed by atoms with Crippen LogP contribution >= 0.6 is 0 Å². The molecule has 1 aromatic carbocycles. The van der Waals surface area contributed by atoms with Gasteiger partial charge in [0.15, 0.2) is 0 Å². The summed E-state index contributed by atoms with van der Waals surface area (Å²) in [5, 5.41) is 11.1. The van der Waals surface area contributed by atoms with Gasteiger partial charge in [-0.15, -0.1) is 0 Å². The fourth-order valence-electron chi connectivity index (χ4n) is 2.29. The van der Waals surface area contributed by atoms with Crippen LogP contribution in [0.5, 0.6) is 0 Å². The zero-order valence-corrected chi connectivity index (χ0v) is 10.8. The van der Waals surface area contributed by atoms with E-state index in [-0.39, 0.29) is 0 Å². The van der Waals surface area contributed by atoms with Gasteiger partial charge in [-0.1, -0.05) is 12.1 Å². The summed E-state index contributed by atoms with van der Waals surface area (Å²) in [4.78, 5) is 24.2. The molecule has 1 saturated heterocycles. The Morgan fingerprint density at radius 1 is 1.26 bits per heavy atom. The molecular formula is C14H18N2O3. The molecule has 2 rings (SSSR count). The van der Waals surface area contributed by atoms with Crippen molar-refractivity contribution in [1.29, 1.82) is 0 Å². The molecule has 0 aliphatic carbocycles. The fourth-order valence-corrected chi connectivity index (χ4v) is 2.29. The van der Waals surface area contributed by atoms with Crippen LogP contribution in [0.3, 0.4) is 0 Å². The molecule has 0 atom stereocenters. The number of hydrogen-bond donors (Lipinski definition) is 2. The molecule has 0 bridgehead atoms. The Balaban J connectivity index is 1.94. The molecule has 0 spiro atoms. The number of carbonyl (C=O) groups is 2. The number of nitrogens with zero attached hydrogens (tertiary/aromatic N) is 1. The summed E-state index contributed by atoms with van der Waals surface area (Å²) in [5.41, 5.74) is 1.79. The van der Waals surface area contributed by atoms with Gasteiger partial charge in [0.2, 0.25) is 5.91 Å². The molecule has 1 aliphatic heterocycles. The van der Waals surface area contributed by atoms with Crippen molar-refractivity contribution < 1.29 is 14.7 Å². The summed E-state index contributed by atoms with van der Waals surface area (Å²) in [7, 11) is 0. The average molecular weight is 262 g/mol. The molecule has 0 aromatic heterocycles. The van der Waals surface area contributed by atoms with Crippen molar-refractivity contribution in [2.45, 2.75) is 25.8 Å². The lowest BCUT2D eigenvalue weighted by molar-refractivity contribution is -0.139. The lowest BCUT2D eigenvalue weighted by atomic mass is 10.2. The maximum atomic E-state index is 11.4. The third-order valence-corrected chi connectivity index (χ3v) is 3.13. The van der Waals surface area contributed by atoms with Crippen LogP contribution in [0.15, 0.2) is 24.3 Å². The predicted molar refractivity (Wildman–Crippen MR) is 71.8 cm³/mol. The number of hydrogen-bond acceptors (Lipinski definition) is 3. The summed E-state index contributed by atoms with van der Waals surface area (Å²) in [6, 6.07) is 7.57. The number of carbonyl (C=O) groups excluding carboxylic acids is 1. The molecule has 5 heteroatoms. The minimum atomic E-state index is -1.12. The lowest BCUT2D eigenvalue weighted by Gasteiger charge is -2.15. The fraction of sp³-hybridized carbons (Fsp3) is 0.429. The topological polar surface area (TPSA) is 69.6 Å². The number of rotatable bonds is 5. The number of carboxylic acids is 1. The zero-order chi connectivity index (χ0) is 13.7. The van der Waals surface area contributed by atoms with E-state index in [2.05, 4.69) is 10.2 Å². The summed E-state index contributed by atoms with van der Waals surface area (Å²) >= 11 is 0. The van der Waals surface area contributed by atoms with E-state index in [9.17, 15) is 9.59 Å². The molecule has 0 saturated carbocycles. The molecule has 1 heterocycles. The van der Waals surface area contributed by atoms with Crippen molar-refractivity contribution in [3.8, 4) is 0 Å². The van der Waals surface area contributed by atoms with E-state index in [1.54, 1.807) is 6.07 Å². The smallest absolute Gasteiger partial charge is 0.312 e. The monoisotopic (exact) mass is 262 g/mol. The van der Waals surface area contributed by atoms with Gasteiger partial charge < -0.3 is 10.4 Å². The highest BCUT2D eigenvalue weighted by Gasteiger charge is 2.12. The molecule has 1 amide bonds. The molecule has 1 fully saturated rings. The number of carboxylic acid groups (broad SMARTS) is 1. The number of likely N-dealkylation sites (tertiary alicyclic amines) is 1. The maximum absolute atomic E-state index is 11.4. The largest absolute Gasteiger partial charge is 0.481 e. The molecule has 102 valence electrons. The molecule has 1 aromatic rings. The van der Waals surface area contributed by atoms with E-state index in [0.29, 0.717) is 5.69 Å². The van der Waals surface area contributed by atoms with Gasteiger partial charge in [0, 0.05) is 12.2 Å². The minimum Gasteiger partial charge on any atom is -0.481 e. The summed E-state index contributed by atoms with van der Waals surface area (Å²) in [6.45, 7) is 3.12. The lowest BCUT2D eigenvalue weighted by Crippen LogP contribution is -2.19. The third kappa shape index (κ3) is 4.37. The van der Waals surface area contributed by atoms with E-state index < -0.39 is 18.3 Å². The van der Waals surface area contributed by atoms with E-state index in [1.165, 1.54) is 12.8 Å². The SMILES string of the molecule is O=C(O)CC(=O)Nc1cccc(CN2CCCC2)c1. The first kappa shape index (κ1) is 13.5. The quantitative estimate of drug-likeness (QED) is 0.792. The Morgan fingerprint density at radius 2 is 2.00 bits per heavy atom. The first-order valence-corrected chi connectivity index (χ1v) is 6.46. The van der Waals surface area contributed by atoms with Crippen LogP contribution < -0.4 is 5.32 Å². The van der Waals surface area contributed by atoms with Crippen LogP contribution in [0, 0.1) is 0 Å². The van der Waals surface area contributed by atoms with Gasteiger partial charge in [-0.25, -0.2) is 0 Å². The molecule has 19 heavy (non-hydrogen) atoms. The van der Waals surface area contributed by atoms with E-state index >= 15 is 0 Å². The van der Waals surface area contributed by atoms with Crippen molar-refractivity contribution in [1.82, 2.24) is 4.90 Å². The number of amides is 1. The van der Waals surface area contributed by atoms with Crippen molar-refractivity contribution in [2.24, 2.45) is 0 Å². The van der Waals surface area contributed by atoms with Gasteiger partial charge in [0.25, 0.3) is 0 Å². The van der Waals surface area contributed by atoms with Crippen molar-refractivity contribution in [3.05, 3.63) is 29.8 Å². The number of anilines is 1.